The highest BCUT2D eigenvalue weighted by Crippen LogP contribution is 2.13. The van der Waals surface area contributed by atoms with Gasteiger partial charge in [0, 0.05) is 34.3 Å². The molecule has 6 heteroatoms. The molecule has 0 aliphatic carbocycles. The molecular formula is C20H26FN3O2. The zero-order valence-corrected chi connectivity index (χ0v) is 15.5. The summed E-state index contributed by atoms with van der Waals surface area (Å²) in [6.45, 7) is 2.35. The summed E-state index contributed by atoms with van der Waals surface area (Å²) in [5, 5.41) is 3.33. The number of guanidine groups is 1. The van der Waals surface area contributed by atoms with Crippen LogP contribution in [0.1, 0.15) is 11.1 Å². The molecule has 1 N–H and O–H groups in total. The maximum absolute atomic E-state index is 13.0. The van der Waals surface area contributed by atoms with Crippen LogP contribution in [0.15, 0.2) is 53.5 Å². The van der Waals surface area contributed by atoms with Gasteiger partial charge in [-0.2, -0.15) is 0 Å². The zero-order valence-electron chi connectivity index (χ0n) is 15.5. The van der Waals surface area contributed by atoms with E-state index in [4.69, 9.17) is 9.47 Å². The Hall–Kier alpha value is -2.60. The maximum Gasteiger partial charge on any atom is 0.193 e. The molecule has 0 aromatic heterocycles. The van der Waals surface area contributed by atoms with Gasteiger partial charge in [0.1, 0.15) is 18.2 Å². The topological polar surface area (TPSA) is 46.1 Å². The Kier molecular flexibility index (Phi) is 7.89. The van der Waals surface area contributed by atoms with Crippen molar-refractivity contribution in [1.82, 2.24) is 10.2 Å². The summed E-state index contributed by atoms with van der Waals surface area (Å²) >= 11 is 0. The molecule has 0 unspecified atom stereocenters. The second-order valence-electron chi connectivity index (χ2n) is 5.87. The lowest BCUT2D eigenvalue weighted by molar-refractivity contribution is 0.146. The largest absolute Gasteiger partial charge is 0.491 e. The van der Waals surface area contributed by atoms with Gasteiger partial charge >= 0.3 is 0 Å². The molecule has 2 aromatic carbocycles. The van der Waals surface area contributed by atoms with Crippen LogP contribution < -0.4 is 10.1 Å². The van der Waals surface area contributed by atoms with Gasteiger partial charge in [0.25, 0.3) is 0 Å². The fourth-order valence-corrected chi connectivity index (χ4v) is 2.49. The summed E-state index contributed by atoms with van der Waals surface area (Å²) in [5.41, 5.74) is 2.11. The summed E-state index contributed by atoms with van der Waals surface area (Å²) in [6, 6.07) is 14.4. The molecule has 0 aliphatic heterocycles. The molecule has 26 heavy (non-hydrogen) atoms. The highest BCUT2D eigenvalue weighted by Gasteiger charge is 2.07. The summed E-state index contributed by atoms with van der Waals surface area (Å²) in [4.78, 5) is 6.30. The van der Waals surface area contributed by atoms with Gasteiger partial charge in [0.2, 0.25) is 0 Å². The van der Waals surface area contributed by atoms with Crippen molar-refractivity contribution in [1.29, 1.82) is 0 Å². The van der Waals surface area contributed by atoms with Crippen molar-refractivity contribution in [3.63, 3.8) is 0 Å². The van der Waals surface area contributed by atoms with Crippen molar-refractivity contribution in [2.24, 2.45) is 4.99 Å². The molecule has 0 radical (unpaired) electrons. The predicted molar refractivity (Wildman–Crippen MR) is 102 cm³/mol. The molecule has 0 bridgehead atoms. The first-order valence-corrected chi connectivity index (χ1v) is 8.49. The van der Waals surface area contributed by atoms with Crippen LogP contribution in [-0.4, -0.2) is 45.3 Å². The molecule has 0 fully saturated rings. The fourth-order valence-electron chi connectivity index (χ4n) is 2.49. The van der Waals surface area contributed by atoms with Crippen LogP contribution in [0, 0.1) is 5.82 Å². The number of methoxy groups -OCH3 is 1. The lowest BCUT2D eigenvalue weighted by Crippen LogP contribution is -2.38. The minimum atomic E-state index is -0.230. The van der Waals surface area contributed by atoms with Crippen molar-refractivity contribution in [3.8, 4) is 5.75 Å². The average molecular weight is 359 g/mol. The second-order valence-corrected chi connectivity index (χ2v) is 5.87. The highest BCUT2D eigenvalue weighted by atomic mass is 19.1. The summed E-state index contributed by atoms with van der Waals surface area (Å²) in [5.74, 6) is 1.35. The number of hydrogen-bond acceptors (Lipinski definition) is 3. The van der Waals surface area contributed by atoms with Crippen LogP contribution in [0.2, 0.25) is 0 Å². The predicted octanol–water partition coefficient (Wildman–Crippen LogP) is 3.06. The Morgan fingerprint density at radius 1 is 1.12 bits per heavy atom. The number of rotatable bonds is 8. The molecule has 2 rings (SSSR count). The Balaban J connectivity index is 1.89. The molecule has 0 atom stereocenters. The number of benzene rings is 2. The van der Waals surface area contributed by atoms with E-state index in [1.54, 1.807) is 26.3 Å². The SMILES string of the molecule is CN=C(NCc1cccc(OCCOC)c1)N(C)Cc1ccc(F)cc1. The molecule has 0 spiro atoms. The number of nitrogens with zero attached hydrogens (tertiary/aromatic N) is 2. The monoisotopic (exact) mass is 359 g/mol. The summed E-state index contributed by atoms with van der Waals surface area (Å²) in [6.07, 6.45) is 0. The van der Waals surface area contributed by atoms with Gasteiger partial charge in [0.05, 0.1) is 6.61 Å². The number of aliphatic imine (C=N–C) groups is 1. The van der Waals surface area contributed by atoms with Crippen LogP contribution in [0.3, 0.4) is 0 Å². The van der Waals surface area contributed by atoms with Gasteiger partial charge in [-0.05, 0) is 35.4 Å². The van der Waals surface area contributed by atoms with Crippen LogP contribution in [0.4, 0.5) is 4.39 Å². The third-order valence-electron chi connectivity index (χ3n) is 3.81. The van der Waals surface area contributed by atoms with Crippen molar-refractivity contribution in [3.05, 3.63) is 65.5 Å². The Morgan fingerprint density at radius 3 is 2.58 bits per heavy atom. The van der Waals surface area contributed by atoms with Crippen molar-refractivity contribution >= 4 is 5.96 Å². The lowest BCUT2D eigenvalue weighted by atomic mass is 10.2. The number of hydrogen-bond donors (Lipinski definition) is 1. The molecule has 0 saturated carbocycles. The maximum atomic E-state index is 13.0. The molecule has 5 nitrogen and oxygen atoms in total. The Morgan fingerprint density at radius 2 is 1.88 bits per heavy atom. The highest BCUT2D eigenvalue weighted by molar-refractivity contribution is 5.79. The van der Waals surface area contributed by atoms with Crippen LogP contribution >= 0.6 is 0 Å². The van der Waals surface area contributed by atoms with E-state index < -0.39 is 0 Å². The fraction of sp³-hybridized carbons (Fsp3) is 0.350. The van der Waals surface area contributed by atoms with E-state index in [-0.39, 0.29) is 5.82 Å². The molecule has 2 aromatic rings. The quantitative estimate of drug-likeness (QED) is 0.447. The third-order valence-corrected chi connectivity index (χ3v) is 3.81. The van der Waals surface area contributed by atoms with E-state index in [9.17, 15) is 4.39 Å². The van der Waals surface area contributed by atoms with Gasteiger partial charge in [0.15, 0.2) is 5.96 Å². The average Bonchev–Trinajstić information content (AvgIpc) is 2.65. The minimum Gasteiger partial charge on any atom is -0.491 e. The van der Waals surface area contributed by atoms with Gasteiger partial charge in [-0.3, -0.25) is 4.99 Å². The smallest absolute Gasteiger partial charge is 0.193 e. The van der Waals surface area contributed by atoms with Gasteiger partial charge in [-0.1, -0.05) is 24.3 Å². The van der Waals surface area contributed by atoms with Crippen LogP contribution in [0.25, 0.3) is 0 Å². The zero-order chi connectivity index (χ0) is 18.8. The van der Waals surface area contributed by atoms with Gasteiger partial charge < -0.3 is 19.7 Å². The van der Waals surface area contributed by atoms with E-state index >= 15 is 0 Å². The first kappa shape index (κ1) is 19.7. The first-order valence-electron chi connectivity index (χ1n) is 8.49. The van der Waals surface area contributed by atoms with Crippen LogP contribution in [0.5, 0.6) is 5.75 Å². The van der Waals surface area contributed by atoms with E-state index in [2.05, 4.69) is 10.3 Å². The molecule has 0 aliphatic rings. The molecule has 0 saturated heterocycles. The standard InChI is InChI=1S/C20H26FN3O2/c1-22-20(24(2)15-16-7-9-18(21)10-8-16)23-14-17-5-4-6-19(13-17)26-12-11-25-3/h4-10,13H,11-12,14-15H2,1-3H3,(H,22,23). The van der Waals surface area contributed by atoms with E-state index in [1.165, 1.54) is 12.1 Å². The van der Waals surface area contributed by atoms with Crippen LogP contribution in [-0.2, 0) is 17.8 Å². The summed E-state index contributed by atoms with van der Waals surface area (Å²) in [7, 11) is 5.34. The van der Waals surface area contributed by atoms with Crippen molar-refractivity contribution < 1.29 is 13.9 Å². The van der Waals surface area contributed by atoms with Gasteiger partial charge in [-0.15, -0.1) is 0 Å². The van der Waals surface area contributed by atoms with Crippen molar-refractivity contribution in [2.45, 2.75) is 13.1 Å². The number of ether oxygens (including phenoxy) is 2. The second kappa shape index (κ2) is 10.4. The molecule has 140 valence electrons. The summed E-state index contributed by atoms with van der Waals surface area (Å²) < 4.78 is 23.6. The Bertz CT molecular complexity index is 704. The number of halogens is 1. The Labute approximate surface area is 154 Å². The third kappa shape index (κ3) is 6.37. The van der Waals surface area contributed by atoms with E-state index in [0.29, 0.717) is 26.3 Å². The molecule has 0 heterocycles. The normalized spacial score (nSPS) is 11.3. The molecule has 0 amide bonds. The van der Waals surface area contributed by atoms with E-state index in [1.807, 2.05) is 36.2 Å². The minimum absolute atomic E-state index is 0.230. The van der Waals surface area contributed by atoms with Crippen molar-refractivity contribution in [2.75, 3.05) is 34.4 Å². The molecular weight excluding hydrogens is 333 g/mol. The lowest BCUT2D eigenvalue weighted by Gasteiger charge is -2.22. The number of nitrogens with one attached hydrogen (secondary N) is 1. The van der Waals surface area contributed by atoms with E-state index in [0.717, 1.165) is 22.8 Å². The van der Waals surface area contributed by atoms with Gasteiger partial charge in [-0.25, -0.2) is 4.39 Å². The first-order chi connectivity index (χ1) is 12.6.